The van der Waals surface area contributed by atoms with Crippen molar-refractivity contribution in [3.05, 3.63) is 55.0 Å². The number of carbonyl (C=O) groups excluding carboxylic acids is 1. The summed E-state index contributed by atoms with van der Waals surface area (Å²) >= 11 is 1.21. The molecule has 3 N–H and O–H groups in total. The number of nitrogens with two attached hydrogens (primary N) is 1. The van der Waals surface area contributed by atoms with E-state index in [2.05, 4.69) is 5.43 Å². The zero-order valence-corrected chi connectivity index (χ0v) is 12.4. The van der Waals surface area contributed by atoms with Crippen molar-refractivity contribution in [2.24, 2.45) is 5.84 Å². The number of aromatic nitrogens is 2. The van der Waals surface area contributed by atoms with Crippen LogP contribution in [0, 0.1) is 0 Å². The predicted octanol–water partition coefficient (Wildman–Crippen LogP) is 0.133. The number of aryl methyl sites for hydroxylation is 1. The Kier molecular flexibility index (Phi) is 4.71. The number of nitrogen functional groups attached to an aromatic ring is 1. The number of thiophene rings is 1. The van der Waals surface area contributed by atoms with E-state index in [1.807, 2.05) is 6.92 Å². The molecule has 0 saturated heterocycles. The smallest absolute Gasteiger partial charge is 0.300 e. The molecule has 21 heavy (non-hydrogen) atoms. The molecule has 0 aromatic carbocycles. The summed E-state index contributed by atoms with van der Waals surface area (Å²) in [5.41, 5.74) is 1.88. The van der Waals surface area contributed by atoms with Crippen LogP contribution in [-0.4, -0.2) is 15.0 Å². The minimum atomic E-state index is -0.433. The fourth-order valence-corrected chi connectivity index (χ4v) is 2.83. The predicted molar refractivity (Wildman–Crippen MR) is 80.3 cm³/mol. The highest BCUT2D eigenvalue weighted by Gasteiger charge is 2.14. The molecule has 0 aliphatic heterocycles. The molecule has 2 heterocycles. The largest absolute Gasteiger partial charge is 0.331 e. The average Bonchev–Trinajstić information content (AvgIpc) is 2.94. The minimum Gasteiger partial charge on any atom is -0.300 e. The maximum Gasteiger partial charge on any atom is 0.331 e. The molecule has 112 valence electrons. The van der Waals surface area contributed by atoms with Gasteiger partial charge in [0.1, 0.15) is 0 Å². The first-order valence-electron chi connectivity index (χ1n) is 6.46. The van der Waals surface area contributed by atoms with E-state index in [1.54, 1.807) is 11.4 Å². The Morgan fingerprint density at radius 1 is 1.38 bits per heavy atom. The van der Waals surface area contributed by atoms with Gasteiger partial charge in [-0.15, -0.1) is 11.3 Å². The lowest BCUT2D eigenvalue weighted by Gasteiger charge is -2.09. The Labute approximate surface area is 124 Å². The second kappa shape index (κ2) is 6.51. The van der Waals surface area contributed by atoms with Crippen LogP contribution < -0.4 is 22.5 Å². The van der Waals surface area contributed by atoms with Crippen molar-refractivity contribution < 1.29 is 4.79 Å². The van der Waals surface area contributed by atoms with E-state index in [0.29, 0.717) is 17.0 Å². The molecule has 0 radical (unpaired) electrons. The molecule has 1 amide bonds. The normalized spacial score (nSPS) is 10.6. The van der Waals surface area contributed by atoms with Gasteiger partial charge >= 0.3 is 5.69 Å². The standard InChI is InChI=1S/C13H16N4O3S/c1-2-5-16-6-3-10(18)17(13(16)20)8-9-4-7-21-11(9)12(19)15-14/h3-4,6-7H,2,5,8,14H2,1H3,(H,15,19). The number of hydrazine groups is 1. The van der Waals surface area contributed by atoms with E-state index in [1.165, 1.54) is 28.2 Å². The van der Waals surface area contributed by atoms with Crippen LogP contribution in [0.15, 0.2) is 33.3 Å². The molecule has 8 heteroatoms. The maximum absolute atomic E-state index is 12.3. The van der Waals surface area contributed by atoms with E-state index in [9.17, 15) is 14.4 Å². The van der Waals surface area contributed by atoms with Gasteiger partial charge in [-0.25, -0.2) is 10.6 Å². The third-order valence-electron chi connectivity index (χ3n) is 3.02. The van der Waals surface area contributed by atoms with E-state index in [4.69, 9.17) is 5.84 Å². The van der Waals surface area contributed by atoms with Gasteiger partial charge in [0.15, 0.2) is 0 Å². The first kappa shape index (κ1) is 15.2. The summed E-state index contributed by atoms with van der Waals surface area (Å²) in [5, 5.41) is 1.72. The SMILES string of the molecule is CCCn1ccc(=O)n(Cc2ccsc2C(=O)NN)c1=O. The molecule has 0 bridgehead atoms. The molecule has 0 spiro atoms. The van der Waals surface area contributed by atoms with Gasteiger partial charge in [-0.2, -0.15) is 0 Å². The Morgan fingerprint density at radius 2 is 2.14 bits per heavy atom. The molecule has 0 aliphatic carbocycles. The van der Waals surface area contributed by atoms with Gasteiger partial charge in [0.2, 0.25) is 0 Å². The molecule has 0 unspecified atom stereocenters. The quantitative estimate of drug-likeness (QED) is 0.466. The highest BCUT2D eigenvalue weighted by molar-refractivity contribution is 7.12. The van der Waals surface area contributed by atoms with Crippen molar-refractivity contribution in [3.63, 3.8) is 0 Å². The van der Waals surface area contributed by atoms with E-state index in [-0.39, 0.29) is 12.2 Å². The number of hydrogen-bond acceptors (Lipinski definition) is 5. The summed E-state index contributed by atoms with van der Waals surface area (Å²) in [6.45, 7) is 2.54. The van der Waals surface area contributed by atoms with Gasteiger partial charge in [-0.1, -0.05) is 6.92 Å². The Hall–Kier alpha value is -2.19. The van der Waals surface area contributed by atoms with Crippen LogP contribution in [0.4, 0.5) is 0 Å². The summed E-state index contributed by atoms with van der Waals surface area (Å²) in [7, 11) is 0. The molecule has 0 aliphatic rings. The van der Waals surface area contributed by atoms with Gasteiger partial charge < -0.3 is 4.57 Å². The summed E-state index contributed by atoms with van der Waals surface area (Å²) in [5.74, 6) is 4.69. The Balaban J connectivity index is 2.43. The van der Waals surface area contributed by atoms with Gasteiger partial charge in [0, 0.05) is 18.8 Å². The molecular formula is C13H16N4O3S. The van der Waals surface area contributed by atoms with Gasteiger partial charge in [0.05, 0.1) is 11.4 Å². The van der Waals surface area contributed by atoms with E-state index >= 15 is 0 Å². The molecule has 2 aromatic heterocycles. The summed E-state index contributed by atoms with van der Waals surface area (Å²) in [6, 6.07) is 3.06. The van der Waals surface area contributed by atoms with E-state index < -0.39 is 11.5 Å². The van der Waals surface area contributed by atoms with Crippen LogP contribution in [0.2, 0.25) is 0 Å². The molecule has 2 aromatic rings. The number of nitrogens with zero attached hydrogens (tertiary/aromatic N) is 2. The lowest BCUT2D eigenvalue weighted by molar-refractivity contribution is 0.0956. The van der Waals surface area contributed by atoms with Crippen LogP contribution in [0.5, 0.6) is 0 Å². The van der Waals surface area contributed by atoms with Gasteiger partial charge in [0.25, 0.3) is 11.5 Å². The van der Waals surface area contributed by atoms with Crippen molar-refractivity contribution in [2.75, 3.05) is 0 Å². The second-order valence-corrected chi connectivity index (χ2v) is 5.38. The maximum atomic E-state index is 12.3. The Bertz CT molecular complexity index is 759. The highest BCUT2D eigenvalue weighted by atomic mass is 32.1. The lowest BCUT2D eigenvalue weighted by atomic mass is 10.2. The number of amides is 1. The molecule has 2 rings (SSSR count). The number of carbonyl (C=O) groups is 1. The van der Waals surface area contributed by atoms with Gasteiger partial charge in [-0.05, 0) is 23.4 Å². The van der Waals surface area contributed by atoms with Crippen molar-refractivity contribution in [3.8, 4) is 0 Å². The molecule has 7 nitrogen and oxygen atoms in total. The fraction of sp³-hybridized carbons (Fsp3) is 0.308. The molecule has 0 atom stereocenters. The van der Waals surface area contributed by atoms with Crippen molar-refractivity contribution >= 4 is 17.2 Å². The summed E-state index contributed by atoms with van der Waals surface area (Å²) in [6.07, 6.45) is 2.28. The fourth-order valence-electron chi connectivity index (χ4n) is 2.01. The van der Waals surface area contributed by atoms with Crippen LogP contribution >= 0.6 is 11.3 Å². The van der Waals surface area contributed by atoms with Crippen LogP contribution in [-0.2, 0) is 13.1 Å². The zero-order chi connectivity index (χ0) is 15.4. The van der Waals surface area contributed by atoms with E-state index in [0.717, 1.165) is 11.0 Å². The topological polar surface area (TPSA) is 99.1 Å². The third kappa shape index (κ3) is 3.11. The monoisotopic (exact) mass is 308 g/mol. The van der Waals surface area contributed by atoms with Crippen LogP contribution in [0.25, 0.3) is 0 Å². The van der Waals surface area contributed by atoms with Crippen LogP contribution in [0.1, 0.15) is 28.6 Å². The number of hydrogen-bond donors (Lipinski definition) is 2. The first-order chi connectivity index (χ1) is 10.1. The minimum absolute atomic E-state index is 0.0501. The summed E-state index contributed by atoms with van der Waals surface area (Å²) in [4.78, 5) is 36.2. The Morgan fingerprint density at radius 3 is 2.81 bits per heavy atom. The molecule has 0 fully saturated rings. The lowest BCUT2D eigenvalue weighted by Crippen LogP contribution is -2.39. The first-order valence-corrected chi connectivity index (χ1v) is 7.34. The number of rotatable bonds is 5. The van der Waals surface area contributed by atoms with Crippen molar-refractivity contribution in [2.45, 2.75) is 26.4 Å². The second-order valence-electron chi connectivity index (χ2n) is 4.46. The van der Waals surface area contributed by atoms with Gasteiger partial charge in [-0.3, -0.25) is 19.6 Å². The number of nitrogens with one attached hydrogen (secondary N) is 1. The highest BCUT2D eigenvalue weighted by Crippen LogP contribution is 2.16. The van der Waals surface area contributed by atoms with Crippen LogP contribution in [0.3, 0.4) is 0 Å². The van der Waals surface area contributed by atoms with Crippen molar-refractivity contribution in [1.29, 1.82) is 0 Å². The average molecular weight is 308 g/mol. The van der Waals surface area contributed by atoms with Crippen molar-refractivity contribution in [1.82, 2.24) is 14.6 Å². The molecule has 0 saturated carbocycles. The molecular weight excluding hydrogens is 292 g/mol. The zero-order valence-electron chi connectivity index (χ0n) is 11.5. The third-order valence-corrected chi connectivity index (χ3v) is 3.97. The summed E-state index contributed by atoms with van der Waals surface area (Å²) < 4.78 is 2.60.